The Hall–Kier alpha value is -3.60. The van der Waals surface area contributed by atoms with Gasteiger partial charge in [0.25, 0.3) is 0 Å². The molecule has 5 heteroatoms. The lowest BCUT2D eigenvalue weighted by atomic mass is 10.2. The molecule has 3 aromatic carbocycles. The Bertz CT molecular complexity index is 1050. The van der Waals surface area contributed by atoms with Crippen LogP contribution in [0, 0.1) is 0 Å². The molecule has 1 heterocycles. The summed E-state index contributed by atoms with van der Waals surface area (Å²) in [7, 11) is 0. The van der Waals surface area contributed by atoms with Crippen molar-refractivity contribution in [3.63, 3.8) is 0 Å². The van der Waals surface area contributed by atoms with Crippen molar-refractivity contribution < 1.29 is 9.90 Å². The molecule has 122 valence electrons. The van der Waals surface area contributed by atoms with Gasteiger partial charge in [-0.2, -0.15) is 5.10 Å². The van der Waals surface area contributed by atoms with Gasteiger partial charge in [0.2, 0.25) is 0 Å². The number of nitrogens with one attached hydrogen (secondary N) is 1. The van der Waals surface area contributed by atoms with Gasteiger partial charge in [-0.15, -0.1) is 0 Å². The predicted molar refractivity (Wildman–Crippen MR) is 97.8 cm³/mol. The predicted octanol–water partition coefficient (Wildman–Crippen LogP) is 4.47. The lowest BCUT2D eigenvalue weighted by Gasteiger charge is -2.08. The third kappa shape index (κ3) is 2.95. The molecule has 0 saturated carbocycles. The number of nitrogens with zero attached hydrogens (tertiary/aromatic N) is 2. The van der Waals surface area contributed by atoms with Gasteiger partial charge >= 0.3 is 5.97 Å². The van der Waals surface area contributed by atoms with Gasteiger partial charge in [0.15, 0.2) is 0 Å². The monoisotopic (exact) mass is 329 g/mol. The molecule has 0 saturated heterocycles. The normalized spacial score (nSPS) is 10.7. The highest BCUT2D eigenvalue weighted by molar-refractivity contribution is 5.89. The highest BCUT2D eigenvalue weighted by Crippen LogP contribution is 2.24. The van der Waals surface area contributed by atoms with Gasteiger partial charge in [0, 0.05) is 16.8 Å². The largest absolute Gasteiger partial charge is 0.478 e. The van der Waals surface area contributed by atoms with Crippen LogP contribution in [-0.4, -0.2) is 20.9 Å². The highest BCUT2D eigenvalue weighted by Gasteiger charge is 2.09. The minimum absolute atomic E-state index is 0.239. The summed E-state index contributed by atoms with van der Waals surface area (Å²) in [5, 5.41) is 17.9. The summed E-state index contributed by atoms with van der Waals surface area (Å²) in [6.45, 7) is 0. The van der Waals surface area contributed by atoms with Gasteiger partial charge in [-0.25, -0.2) is 9.48 Å². The van der Waals surface area contributed by atoms with E-state index in [1.807, 2.05) is 54.6 Å². The van der Waals surface area contributed by atoms with Gasteiger partial charge < -0.3 is 10.4 Å². The number of hydrogen-bond donors (Lipinski definition) is 2. The number of aromatic carboxylic acids is 1. The third-order valence-corrected chi connectivity index (χ3v) is 3.97. The van der Waals surface area contributed by atoms with Gasteiger partial charge in [-0.1, -0.05) is 24.3 Å². The summed E-state index contributed by atoms with van der Waals surface area (Å²) < 4.78 is 1.74. The summed E-state index contributed by atoms with van der Waals surface area (Å²) >= 11 is 0. The minimum atomic E-state index is -0.951. The molecule has 4 aromatic rings. The van der Waals surface area contributed by atoms with E-state index in [-0.39, 0.29) is 5.56 Å². The summed E-state index contributed by atoms with van der Waals surface area (Å²) in [4.78, 5) is 11.2. The summed E-state index contributed by atoms with van der Waals surface area (Å²) in [5.41, 5.74) is 3.87. The fraction of sp³-hybridized carbons (Fsp3) is 0. The number of aromatic nitrogens is 2. The van der Waals surface area contributed by atoms with Crippen LogP contribution >= 0.6 is 0 Å². The Morgan fingerprint density at radius 3 is 2.56 bits per heavy atom. The van der Waals surface area contributed by atoms with E-state index in [1.54, 1.807) is 29.1 Å². The average molecular weight is 329 g/mol. The first kappa shape index (κ1) is 15.0. The van der Waals surface area contributed by atoms with Crippen molar-refractivity contribution in [2.75, 3.05) is 5.32 Å². The standard InChI is InChI=1S/C20H15N3O2/c24-20(25)14-5-4-8-18(12-14)23-19-10-9-17(11-15(19)13-21-23)22-16-6-2-1-3-7-16/h1-13,22H,(H,24,25). The zero-order chi connectivity index (χ0) is 17.2. The molecule has 0 radical (unpaired) electrons. The smallest absolute Gasteiger partial charge is 0.335 e. The Morgan fingerprint density at radius 2 is 1.76 bits per heavy atom. The lowest BCUT2D eigenvalue weighted by Crippen LogP contribution is -2.00. The molecular formula is C20H15N3O2. The van der Waals surface area contributed by atoms with Crippen molar-refractivity contribution in [3.8, 4) is 5.69 Å². The number of benzene rings is 3. The molecule has 0 aliphatic rings. The Labute approximate surface area is 144 Å². The van der Waals surface area contributed by atoms with Crippen molar-refractivity contribution >= 4 is 28.2 Å². The van der Waals surface area contributed by atoms with Crippen LogP contribution in [0.25, 0.3) is 16.6 Å². The molecule has 4 rings (SSSR count). The van der Waals surface area contributed by atoms with E-state index in [9.17, 15) is 4.79 Å². The maximum atomic E-state index is 11.2. The molecule has 0 atom stereocenters. The van der Waals surface area contributed by atoms with Crippen LogP contribution < -0.4 is 5.32 Å². The molecular weight excluding hydrogens is 314 g/mol. The van der Waals surface area contributed by atoms with E-state index in [1.165, 1.54) is 0 Å². The molecule has 0 bridgehead atoms. The molecule has 0 aliphatic carbocycles. The number of rotatable bonds is 4. The van der Waals surface area contributed by atoms with Crippen molar-refractivity contribution in [2.24, 2.45) is 0 Å². The second kappa shape index (κ2) is 6.13. The summed E-state index contributed by atoms with van der Waals surface area (Å²) in [5.74, 6) is -0.951. The fourth-order valence-corrected chi connectivity index (χ4v) is 2.78. The zero-order valence-corrected chi connectivity index (χ0v) is 13.3. The Kier molecular flexibility index (Phi) is 3.67. The van der Waals surface area contributed by atoms with Crippen LogP contribution in [0.3, 0.4) is 0 Å². The maximum absolute atomic E-state index is 11.2. The van der Waals surface area contributed by atoms with Crippen LogP contribution in [0.1, 0.15) is 10.4 Å². The van der Waals surface area contributed by atoms with Crippen LogP contribution in [0.5, 0.6) is 0 Å². The first-order valence-corrected chi connectivity index (χ1v) is 7.84. The van der Waals surface area contributed by atoms with E-state index >= 15 is 0 Å². The van der Waals surface area contributed by atoms with Crippen LogP contribution in [0.2, 0.25) is 0 Å². The number of anilines is 2. The van der Waals surface area contributed by atoms with Gasteiger partial charge in [0.05, 0.1) is 23.0 Å². The van der Waals surface area contributed by atoms with E-state index in [2.05, 4.69) is 10.4 Å². The number of para-hydroxylation sites is 1. The first-order chi connectivity index (χ1) is 12.2. The molecule has 5 nitrogen and oxygen atoms in total. The molecule has 1 aromatic heterocycles. The van der Waals surface area contributed by atoms with Crippen molar-refractivity contribution in [3.05, 3.63) is 84.6 Å². The fourth-order valence-electron chi connectivity index (χ4n) is 2.78. The van der Waals surface area contributed by atoms with E-state index in [4.69, 9.17) is 5.11 Å². The second-order valence-electron chi connectivity index (χ2n) is 5.68. The van der Waals surface area contributed by atoms with Crippen molar-refractivity contribution in [1.82, 2.24) is 9.78 Å². The van der Waals surface area contributed by atoms with Gasteiger partial charge in [-0.3, -0.25) is 0 Å². The average Bonchev–Trinajstić information content (AvgIpc) is 3.06. The third-order valence-electron chi connectivity index (χ3n) is 3.97. The van der Waals surface area contributed by atoms with E-state index in [0.29, 0.717) is 0 Å². The number of carboxylic acids is 1. The summed E-state index contributed by atoms with van der Waals surface area (Å²) in [6.07, 6.45) is 1.78. The molecule has 0 fully saturated rings. The van der Waals surface area contributed by atoms with Crippen molar-refractivity contribution in [1.29, 1.82) is 0 Å². The van der Waals surface area contributed by atoms with Crippen LogP contribution in [-0.2, 0) is 0 Å². The summed E-state index contributed by atoms with van der Waals surface area (Å²) in [6, 6.07) is 22.7. The Morgan fingerprint density at radius 1 is 0.920 bits per heavy atom. The topological polar surface area (TPSA) is 67.1 Å². The number of fused-ring (bicyclic) bond motifs is 1. The van der Waals surface area contributed by atoms with Crippen molar-refractivity contribution in [2.45, 2.75) is 0 Å². The minimum Gasteiger partial charge on any atom is -0.478 e. The molecule has 0 amide bonds. The highest BCUT2D eigenvalue weighted by atomic mass is 16.4. The number of carboxylic acid groups (broad SMARTS) is 1. The zero-order valence-electron chi connectivity index (χ0n) is 13.3. The molecule has 0 aliphatic heterocycles. The number of carbonyl (C=O) groups is 1. The quantitative estimate of drug-likeness (QED) is 0.580. The van der Waals surface area contributed by atoms with E-state index in [0.717, 1.165) is 28.0 Å². The molecule has 0 spiro atoms. The molecule has 0 unspecified atom stereocenters. The molecule has 25 heavy (non-hydrogen) atoms. The van der Waals surface area contributed by atoms with Gasteiger partial charge in [0.1, 0.15) is 0 Å². The second-order valence-corrected chi connectivity index (χ2v) is 5.68. The first-order valence-electron chi connectivity index (χ1n) is 7.84. The van der Waals surface area contributed by atoms with Gasteiger partial charge in [-0.05, 0) is 48.5 Å². The van der Waals surface area contributed by atoms with Crippen LogP contribution in [0.4, 0.5) is 11.4 Å². The van der Waals surface area contributed by atoms with Crippen LogP contribution in [0.15, 0.2) is 79.0 Å². The maximum Gasteiger partial charge on any atom is 0.335 e. The lowest BCUT2D eigenvalue weighted by molar-refractivity contribution is 0.0697. The molecule has 2 N–H and O–H groups in total. The SMILES string of the molecule is O=C(O)c1cccc(-n2ncc3cc(Nc4ccccc4)ccc32)c1. The number of hydrogen-bond acceptors (Lipinski definition) is 3. The Balaban J connectivity index is 1.71. The van der Waals surface area contributed by atoms with E-state index < -0.39 is 5.97 Å².